The molecule has 27 heavy (non-hydrogen) atoms. The summed E-state index contributed by atoms with van der Waals surface area (Å²) in [6.45, 7) is 5.56. The molecule has 0 atom stereocenters. The summed E-state index contributed by atoms with van der Waals surface area (Å²) in [6, 6.07) is 15.4. The molecule has 5 heteroatoms. The Bertz CT molecular complexity index is 968. The number of pyridine rings is 1. The van der Waals surface area contributed by atoms with Crippen molar-refractivity contribution in [1.29, 1.82) is 0 Å². The number of aromatic hydroxyl groups is 1. The molecule has 1 aromatic heterocycles. The molecule has 0 spiro atoms. The van der Waals surface area contributed by atoms with Gasteiger partial charge in [-0.1, -0.05) is 30.0 Å². The number of ether oxygens (including phenoxy) is 1. The Morgan fingerprint density at radius 2 is 1.96 bits per heavy atom. The third-order valence-corrected chi connectivity index (χ3v) is 5.10. The van der Waals surface area contributed by atoms with Crippen molar-refractivity contribution in [3.63, 3.8) is 0 Å². The van der Waals surface area contributed by atoms with Crippen LogP contribution in [0.1, 0.15) is 34.0 Å². The number of ketones is 1. The molecule has 1 N–H and O–H groups in total. The topological polar surface area (TPSA) is 59.4 Å². The van der Waals surface area contributed by atoms with Crippen molar-refractivity contribution in [2.24, 2.45) is 0 Å². The van der Waals surface area contributed by atoms with Gasteiger partial charge in [0.1, 0.15) is 23.1 Å². The van der Waals surface area contributed by atoms with E-state index >= 15 is 0 Å². The van der Waals surface area contributed by atoms with Crippen LogP contribution in [0.15, 0.2) is 64.6 Å². The van der Waals surface area contributed by atoms with Crippen molar-refractivity contribution in [2.45, 2.75) is 37.3 Å². The Balaban J connectivity index is 1.71. The van der Waals surface area contributed by atoms with E-state index in [4.69, 9.17) is 4.74 Å². The van der Waals surface area contributed by atoms with Gasteiger partial charge >= 0.3 is 0 Å². The summed E-state index contributed by atoms with van der Waals surface area (Å²) >= 11 is 1.60. The fraction of sp³-hybridized carbons (Fsp3) is 0.182. The average molecular weight is 379 g/mol. The Morgan fingerprint density at radius 3 is 2.67 bits per heavy atom. The second-order valence-corrected chi connectivity index (χ2v) is 7.45. The van der Waals surface area contributed by atoms with Crippen LogP contribution in [-0.4, -0.2) is 15.9 Å². The Morgan fingerprint density at radius 1 is 1.15 bits per heavy atom. The van der Waals surface area contributed by atoms with Gasteiger partial charge in [0.2, 0.25) is 0 Å². The van der Waals surface area contributed by atoms with Gasteiger partial charge < -0.3 is 9.84 Å². The van der Waals surface area contributed by atoms with Crippen LogP contribution < -0.4 is 4.74 Å². The van der Waals surface area contributed by atoms with Gasteiger partial charge in [0.15, 0.2) is 5.78 Å². The maximum Gasteiger partial charge on any atom is 0.163 e. The minimum absolute atomic E-state index is 0.0187. The zero-order chi connectivity index (χ0) is 19.4. The van der Waals surface area contributed by atoms with Crippen LogP contribution in [0, 0.1) is 13.8 Å². The molecule has 0 radical (unpaired) electrons. The molecule has 0 saturated heterocycles. The van der Waals surface area contributed by atoms with Gasteiger partial charge in [-0.3, -0.25) is 4.79 Å². The van der Waals surface area contributed by atoms with Crippen molar-refractivity contribution in [1.82, 2.24) is 4.98 Å². The monoisotopic (exact) mass is 379 g/mol. The summed E-state index contributed by atoms with van der Waals surface area (Å²) in [5.41, 5.74) is 3.03. The number of phenolic OH excluding ortho intramolecular Hbond substituents is 1. The predicted molar refractivity (Wildman–Crippen MR) is 107 cm³/mol. The van der Waals surface area contributed by atoms with Crippen LogP contribution in [0.4, 0.5) is 0 Å². The van der Waals surface area contributed by atoms with Crippen molar-refractivity contribution < 1.29 is 14.6 Å². The van der Waals surface area contributed by atoms with E-state index in [1.807, 2.05) is 43.5 Å². The van der Waals surface area contributed by atoms with Crippen LogP contribution in [-0.2, 0) is 6.61 Å². The molecular weight excluding hydrogens is 358 g/mol. The number of nitrogens with zero attached hydrogens (tertiary/aromatic N) is 1. The summed E-state index contributed by atoms with van der Waals surface area (Å²) in [7, 11) is 0. The van der Waals surface area contributed by atoms with Gasteiger partial charge in [-0.25, -0.2) is 4.98 Å². The van der Waals surface area contributed by atoms with Gasteiger partial charge in [0.25, 0.3) is 0 Å². The number of aryl methyl sites for hydroxylation is 1. The summed E-state index contributed by atoms with van der Waals surface area (Å²) < 4.78 is 5.86. The molecule has 0 saturated carbocycles. The van der Waals surface area contributed by atoms with Gasteiger partial charge in [0.05, 0.1) is 5.56 Å². The lowest BCUT2D eigenvalue weighted by Crippen LogP contribution is -2.00. The molecule has 138 valence electrons. The highest BCUT2D eigenvalue weighted by Crippen LogP contribution is 2.32. The summed E-state index contributed by atoms with van der Waals surface area (Å²) in [5, 5.41) is 11.1. The van der Waals surface area contributed by atoms with E-state index in [0.717, 1.165) is 21.0 Å². The Kier molecular flexibility index (Phi) is 5.81. The number of benzene rings is 2. The van der Waals surface area contributed by atoms with E-state index < -0.39 is 0 Å². The largest absolute Gasteiger partial charge is 0.507 e. The fourth-order valence-electron chi connectivity index (χ4n) is 2.62. The number of aromatic nitrogens is 1. The van der Waals surface area contributed by atoms with Gasteiger partial charge in [-0.15, -0.1) is 0 Å². The number of rotatable bonds is 6. The van der Waals surface area contributed by atoms with Crippen LogP contribution in [0.25, 0.3) is 0 Å². The van der Waals surface area contributed by atoms with E-state index in [2.05, 4.69) is 11.1 Å². The smallest absolute Gasteiger partial charge is 0.163 e. The van der Waals surface area contributed by atoms with Crippen molar-refractivity contribution in [3.05, 3.63) is 77.0 Å². The first-order valence-corrected chi connectivity index (χ1v) is 9.41. The molecule has 1 heterocycles. The lowest BCUT2D eigenvalue weighted by Gasteiger charge is -2.12. The fourth-order valence-corrected chi connectivity index (χ4v) is 3.46. The molecule has 2 aromatic carbocycles. The molecular formula is C22H21NO3S. The molecule has 0 bridgehead atoms. The minimum atomic E-state index is -0.170. The first-order valence-electron chi connectivity index (χ1n) is 8.60. The number of phenols is 1. The number of hydrogen-bond donors (Lipinski definition) is 1. The lowest BCUT2D eigenvalue weighted by molar-refractivity contribution is 0.101. The molecule has 4 nitrogen and oxygen atoms in total. The van der Waals surface area contributed by atoms with Gasteiger partial charge in [-0.05, 0) is 62.2 Å². The first kappa shape index (κ1) is 19.0. The molecule has 0 unspecified atom stereocenters. The number of hydrogen-bond acceptors (Lipinski definition) is 5. The maximum atomic E-state index is 11.5. The molecule has 3 rings (SSSR count). The summed E-state index contributed by atoms with van der Waals surface area (Å²) in [4.78, 5) is 17.0. The minimum Gasteiger partial charge on any atom is -0.507 e. The highest BCUT2D eigenvalue weighted by atomic mass is 32.2. The highest BCUT2D eigenvalue weighted by Gasteiger charge is 2.13. The molecule has 3 aromatic rings. The highest BCUT2D eigenvalue weighted by molar-refractivity contribution is 7.99. The Hall–Kier alpha value is -2.79. The SMILES string of the molecule is CC(=O)c1ccc(OCc2cccc(Sc3ccc(C)cn3)c2)c(C)c1O. The molecule has 0 aliphatic rings. The third kappa shape index (κ3) is 4.68. The van der Waals surface area contributed by atoms with Crippen LogP contribution in [0.2, 0.25) is 0 Å². The quantitative estimate of drug-likeness (QED) is 0.586. The third-order valence-electron chi connectivity index (χ3n) is 4.16. The second kappa shape index (κ2) is 8.27. The van der Waals surface area contributed by atoms with Crippen molar-refractivity contribution in [3.8, 4) is 11.5 Å². The average Bonchev–Trinajstić information content (AvgIpc) is 2.65. The van der Waals surface area contributed by atoms with Gasteiger partial charge in [-0.2, -0.15) is 0 Å². The zero-order valence-corrected chi connectivity index (χ0v) is 16.3. The van der Waals surface area contributed by atoms with E-state index in [1.165, 1.54) is 6.92 Å². The number of carbonyl (C=O) groups is 1. The van der Waals surface area contributed by atoms with Crippen LogP contribution in [0.3, 0.4) is 0 Å². The standard InChI is InChI=1S/C22H21NO3S/c1-14-7-10-21(23-12-14)27-18-6-4-5-17(11-18)13-26-20-9-8-19(16(3)24)22(25)15(20)2/h4-12,25H,13H2,1-3H3. The number of Topliss-reactive ketones (excluding diaryl/α,β-unsaturated/α-hetero) is 1. The van der Waals surface area contributed by atoms with E-state index in [-0.39, 0.29) is 11.5 Å². The summed E-state index contributed by atoms with van der Waals surface area (Å²) in [6.07, 6.45) is 1.86. The zero-order valence-electron chi connectivity index (χ0n) is 15.5. The molecule has 0 fully saturated rings. The maximum absolute atomic E-state index is 11.5. The van der Waals surface area contributed by atoms with Crippen molar-refractivity contribution in [2.75, 3.05) is 0 Å². The first-order chi connectivity index (χ1) is 12.9. The predicted octanol–water partition coefficient (Wildman–Crippen LogP) is 5.34. The molecule has 0 amide bonds. The molecule has 0 aliphatic carbocycles. The second-order valence-electron chi connectivity index (χ2n) is 6.35. The lowest BCUT2D eigenvalue weighted by atomic mass is 10.1. The van der Waals surface area contributed by atoms with E-state index in [9.17, 15) is 9.90 Å². The summed E-state index contributed by atoms with van der Waals surface area (Å²) in [5.74, 6) is 0.377. The number of carbonyl (C=O) groups excluding carboxylic acids is 1. The van der Waals surface area contributed by atoms with Crippen LogP contribution >= 0.6 is 11.8 Å². The van der Waals surface area contributed by atoms with E-state index in [1.54, 1.807) is 30.8 Å². The van der Waals surface area contributed by atoms with E-state index in [0.29, 0.717) is 23.5 Å². The normalized spacial score (nSPS) is 10.6. The van der Waals surface area contributed by atoms with Crippen molar-refractivity contribution >= 4 is 17.5 Å². The van der Waals surface area contributed by atoms with Gasteiger partial charge in [0, 0.05) is 16.7 Å². The molecule has 0 aliphatic heterocycles. The van der Waals surface area contributed by atoms with Crippen LogP contribution in [0.5, 0.6) is 11.5 Å². The Labute approximate surface area is 163 Å².